The summed E-state index contributed by atoms with van der Waals surface area (Å²) in [5.41, 5.74) is 8.01. The molecule has 0 aliphatic rings. The molecule has 6 heteroatoms. The topological polar surface area (TPSA) is 80.5 Å². The summed E-state index contributed by atoms with van der Waals surface area (Å²) < 4.78 is 0. The normalized spacial score (nSPS) is 11.1. The molecule has 0 radical (unpaired) electrons. The zero-order chi connectivity index (χ0) is 11.7. The van der Waals surface area contributed by atoms with E-state index in [1.165, 1.54) is 0 Å². The summed E-state index contributed by atoms with van der Waals surface area (Å²) in [4.78, 5) is 16.3. The number of fused-ring (bicyclic) bond motifs is 1. The van der Waals surface area contributed by atoms with E-state index in [-0.39, 0.29) is 0 Å². The summed E-state index contributed by atoms with van der Waals surface area (Å²) in [5.74, 6) is 0.762. The van der Waals surface area contributed by atoms with E-state index in [1.54, 1.807) is 17.5 Å². The molecule has 0 bridgehead atoms. The zero-order valence-corrected chi connectivity index (χ0v) is 9.87. The lowest BCUT2D eigenvalue weighted by Gasteiger charge is -1.89. The Morgan fingerprint density at radius 3 is 3.12 bits per heavy atom. The summed E-state index contributed by atoms with van der Waals surface area (Å²) in [6.45, 7) is 0.620. The van der Waals surface area contributed by atoms with E-state index in [0.29, 0.717) is 6.54 Å². The quantitative estimate of drug-likeness (QED) is 0.734. The first-order valence-electron chi connectivity index (χ1n) is 5.32. The molecule has 0 aromatic carbocycles. The van der Waals surface area contributed by atoms with Gasteiger partial charge in [-0.25, -0.2) is 15.0 Å². The molecule has 3 N–H and O–H groups in total. The number of hydrogen-bond donors (Lipinski definition) is 2. The first kappa shape index (κ1) is 10.4. The summed E-state index contributed by atoms with van der Waals surface area (Å²) in [6, 6.07) is 3.83. The molecule has 0 aliphatic carbocycles. The van der Waals surface area contributed by atoms with Crippen molar-refractivity contribution in [3.8, 4) is 11.5 Å². The fourth-order valence-corrected chi connectivity index (χ4v) is 2.42. The minimum Gasteiger partial charge on any atom is -0.335 e. The molecule has 0 saturated carbocycles. The minimum absolute atomic E-state index is 0.620. The summed E-state index contributed by atoms with van der Waals surface area (Å²) in [6.07, 6.45) is 2.54. The van der Waals surface area contributed by atoms with Crippen molar-refractivity contribution >= 4 is 22.5 Å². The van der Waals surface area contributed by atoms with E-state index >= 15 is 0 Å². The summed E-state index contributed by atoms with van der Waals surface area (Å²) in [5, 5.41) is 3.03. The minimum atomic E-state index is 0.620. The number of nitrogens with one attached hydrogen (secondary N) is 1. The zero-order valence-electron chi connectivity index (χ0n) is 9.05. The first-order chi connectivity index (χ1) is 8.36. The third kappa shape index (κ3) is 1.92. The lowest BCUT2D eigenvalue weighted by Crippen LogP contribution is -2.02. The van der Waals surface area contributed by atoms with Crippen LogP contribution in [0.1, 0.15) is 5.01 Å². The van der Waals surface area contributed by atoms with Crippen LogP contribution in [0.15, 0.2) is 23.7 Å². The fourth-order valence-electron chi connectivity index (χ4n) is 1.62. The SMILES string of the molecule is NCCc1nc(-c2nc3ncccc3[nH]2)cs1. The number of H-pyrrole nitrogens is 1. The van der Waals surface area contributed by atoms with Gasteiger partial charge in [-0.05, 0) is 18.7 Å². The molecule has 86 valence electrons. The van der Waals surface area contributed by atoms with Crippen molar-refractivity contribution in [3.05, 3.63) is 28.7 Å². The number of nitrogens with zero attached hydrogens (tertiary/aromatic N) is 3. The number of pyridine rings is 1. The number of aromatic amines is 1. The molecule has 0 spiro atoms. The Labute approximate surface area is 102 Å². The highest BCUT2D eigenvalue weighted by Gasteiger charge is 2.09. The molecule has 0 unspecified atom stereocenters. The van der Waals surface area contributed by atoms with Crippen LogP contribution in [0.4, 0.5) is 0 Å². The number of nitrogens with two attached hydrogens (primary N) is 1. The molecule has 3 aromatic heterocycles. The number of imidazole rings is 1. The van der Waals surface area contributed by atoms with Crippen LogP contribution in [0.5, 0.6) is 0 Å². The Morgan fingerprint density at radius 1 is 1.35 bits per heavy atom. The van der Waals surface area contributed by atoms with Gasteiger partial charge in [0.25, 0.3) is 0 Å². The van der Waals surface area contributed by atoms with E-state index in [0.717, 1.165) is 34.1 Å². The molecule has 0 amide bonds. The Balaban J connectivity index is 2.01. The second kappa shape index (κ2) is 4.23. The maximum atomic E-state index is 5.50. The number of hydrogen-bond acceptors (Lipinski definition) is 5. The van der Waals surface area contributed by atoms with Crippen LogP contribution in [0.3, 0.4) is 0 Å². The Hall–Kier alpha value is -1.79. The van der Waals surface area contributed by atoms with Gasteiger partial charge in [0.05, 0.1) is 10.5 Å². The van der Waals surface area contributed by atoms with Gasteiger partial charge in [-0.3, -0.25) is 0 Å². The van der Waals surface area contributed by atoms with Crippen LogP contribution in [0.25, 0.3) is 22.7 Å². The van der Waals surface area contributed by atoms with Gasteiger partial charge < -0.3 is 10.7 Å². The highest BCUT2D eigenvalue weighted by atomic mass is 32.1. The third-order valence-corrected chi connectivity index (χ3v) is 3.32. The number of rotatable bonds is 3. The molecule has 3 heterocycles. The second-order valence-electron chi connectivity index (χ2n) is 3.63. The van der Waals surface area contributed by atoms with Gasteiger partial charge in [0, 0.05) is 18.0 Å². The molecule has 3 aromatic rings. The number of thiazole rings is 1. The largest absolute Gasteiger partial charge is 0.335 e. The van der Waals surface area contributed by atoms with Gasteiger partial charge in [-0.1, -0.05) is 0 Å². The average molecular weight is 245 g/mol. The Bertz CT molecular complexity index is 609. The first-order valence-corrected chi connectivity index (χ1v) is 6.20. The van der Waals surface area contributed by atoms with E-state index in [4.69, 9.17) is 5.73 Å². The average Bonchev–Trinajstić information content (AvgIpc) is 2.94. The summed E-state index contributed by atoms with van der Waals surface area (Å²) >= 11 is 1.61. The monoisotopic (exact) mass is 245 g/mol. The van der Waals surface area contributed by atoms with Crippen molar-refractivity contribution in [2.24, 2.45) is 5.73 Å². The van der Waals surface area contributed by atoms with E-state index in [1.807, 2.05) is 17.5 Å². The van der Waals surface area contributed by atoms with Gasteiger partial charge in [0.15, 0.2) is 11.5 Å². The van der Waals surface area contributed by atoms with Crippen molar-refractivity contribution < 1.29 is 0 Å². The van der Waals surface area contributed by atoms with Crippen LogP contribution in [0.2, 0.25) is 0 Å². The van der Waals surface area contributed by atoms with E-state index in [9.17, 15) is 0 Å². The van der Waals surface area contributed by atoms with Crippen LogP contribution >= 0.6 is 11.3 Å². The third-order valence-electron chi connectivity index (χ3n) is 2.41. The van der Waals surface area contributed by atoms with E-state index < -0.39 is 0 Å². The van der Waals surface area contributed by atoms with Gasteiger partial charge >= 0.3 is 0 Å². The Kier molecular flexibility index (Phi) is 2.58. The van der Waals surface area contributed by atoms with Crippen LogP contribution in [0, 0.1) is 0 Å². The van der Waals surface area contributed by atoms with Crippen LogP contribution in [-0.4, -0.2) is 26.5 Å². The van der Waals surface area contributed by atoms with Crippen molar-refractivity contribution in [3.63, 3.8) is 0 Å². The fraction of sp³-hybridized carbons (Fsp3) is 0.182. The maximum Gasteiger partial charge on any atom is 0.178 e. The molecule has 0 atom stereocenters. The summed E-state index contributed by atoms with van der Waals surface area (Å²) in [7, 11) is 0. The smallest absolute Gasteiger partial charge is 0.178 e. The van der Waals surface area contributed by atoms with Crippen molar-refractivity contribution in [2.75, 3.05) is 6.54 Å². The molecule has 0 saturated heterocycles. The molecule has 0 aliphatic heterocycles. The van der Waals surface area contributed by atoms with Crippen molar-refractivity contribution in [2.45, 2.75) is 6.42 Å². The molecule has 0 fully saturated rings. The van der Waals surface area contributed by atoms with Crippen molar-refractivity contribution in [1.82, 2.24) is 19.9 Å². The van der Waals surface area contributed by atoms with Gasteiger partial charge in [-0.2, -0.15) is 0 Å². The molecular formula is C11H11N5S. The Morgan fingerprint density at radius 2 is 2.29 bits per heavy atom. The molecular weight excluding hydrogens is 234 g/mol. The van der Waals surface area contributed by atoms with Gasteiger partial charge in [0.2, 0.25) is 0 Å². The van der Waals surface area contributed by atoms with E-state index in [2.05, 4.69) is 19.9 Å². The van der Waals surface area contributed by atoms with Crippen LogP contribution in [-0.2, 0) is 6.42 Å². The van der Waals surface area contributed by atoms with Gasteiger partial charge in [0.1, 0.15) is 5.69 Å². The predicted octanol–water partition coefficient (Wildman–Crippen LogP) is 1.58. The highest BCUT2D eigenvalue weighted by molar-refractivity contribution is 7.09. The molecule has 17 heavy (non-hydrogen) atoms. The molecule has 5 nitrogen and oxygen atoms in total. The van der Waals surface area contributed by atoms with Gasteiger partial charge in [-0.15, -0.1) is 11.3 Å². The lowest BCUT2D eigenvalue weighted by atomic mass is 10.4. The lowest BCUT2D eigenvalue weighted by molar-refractivity contribution is 0.953. The molecule has 3 rings (SSSR count). The standard InChI is InChI=1S/C11H11N5S/c12-4-3-9-14-8(6-17-9)11-15-7-2-1-5-13-10(7)16-11/h1-2,5-6H,3-4,12H2,(H,13,15,16). The number of aromatic nitrogens is 4. The van der Waals surface area contributed by atoms with Crippen molar-refractivity contribution in [1.29, 1.82) is 0 Å². The van der Waals surface area contributed by atoms with Crippen LogP contribution < -0.4 is 5.73 Å². The highest BCUT2D eigenvalue weighted by Crippen LogP contribution is 2.21. The predicted molar refractivity (Wildman–Crippen MR) is 67.8 cm³/mol. The maximum absolute atomic E-state index is 5.50. The second-order valence-corrected chi connectivity index (χ2v) is 4.57.